The highest BCUT2D eigenvalue weighted by Gasteiger charge is 1.72. The fraction of sp³-hybridized carbons (Fsp3) is 0.500. The number of carbonyl (C=O) groups excluding carboxylic acids is 1. The SMILES string of the molecule is CCCO/C=C/C=O. The molecule has 0 aromatic rings. The van der Waals surface area contributed by atoms with E-state index >= 15 is 0 Å². The van der Waals surface area contributed by atoms with Crippen LogP contribution < -0.4 is 0 Å². The van der Waals surface area contributed by atoms with Gasteiger partial charge in [-0.15, -0.1) is 0 Å². The number of carbonyl (C=O) groups is 1. The largest absolute Gasteiger partial charge is 0.501 e. The van der Waals surface area contributed by atoms with Gasteiger partial charge in [-0.1, -0.05) is 6.92 Å². The summed E-state index contributed by atoms with van der Waals surface area (Å²) in [4.78, 5) is 9.60. The predicted octanol–water partition coefficient (Wildman–Crippen LogP) is 1.13. The van der Waals surface area contributed by atoms with E-state index in [1.807, 2.05) is 6.92 Å². The molecule has 0 atom stereocenters. The molecule has 0 radical (unpaired) electrons. The third-order valence-electron chi connectivity index (χ3n) is 0.575. The summed E-state index contributed by atoms with van der Waals surface area (Å²) in [5.74, 6) is 0. The molecule has 2 heteroatoms. The fourth-order valence-electron chi connectivity index (χ4n) is 0.274. The van der Waals surface area contributed by atoms with Crippen LogP contribution in [-0.2, 0) is 9.53 Å². The van der Waals surface area contributed by atoms with Crippen LogP contribution in [0.25, 0.3) is 0 Å². The summed E-state index contributed by atoms with van der Waals surface area (Å²) in [6, 6.07) is 0. The summed E-state index contributed by atoms with van der Waals surface area (Å²) in [6.07, 6.45) is 4.39. The molecule has 0 aliphatic heterocycles. The van der Waals surface area contributed by atoms with Crippen molar-refractivity contribution in [3.63, 3.8) is 0 Å². The van der Waals surface area contributed by atoms with E-state index in [0.717, 1.165) is 6.42 Å². The molecule has 8 heavy (non-hydrogen) atoms. The van der Waals surface area contributed by atoms with Crippen molar-refractivity contribution in [3.8, 4) is 0 Å². The lowest BCUT2D eigenvalue weighted by Gasteiger charge is -1.91. The molecule has 0 heterocycles. The number of hydrogen-bond acceptors (Lipinski definition) is 2. The summed E-state index contributed by atoms with van der Waals surface area (Å²) < 4.78 is 4.81. The molecule has 0 N–H and O–H groups in total. The molecule has 0 aromatic carbocycles. The van der Waals surface area contributed by atoms with E-state index in [2.05, 4.69) is 0 Å². The topological polar surface area (TPSA) is 26.3 Å². The minimum absolute atomic E-state index is 0.685. The van der Waals surface area contributed by atoms with Crippen molar-refractivity contribution in [2.75, 3.05) is 6.61 Å². The third-order valence-corrected chi connectivity index (χ3v) is 0.575. The molecule has 0 bridgehead atoms. The highest BCUT2D eigenvalue weighted by atomic mass is 16.5. The Hall–Kier alpha value is -0.790. The molecule has 0 spiro atoms. The molecule has 0 saturated carbocycles. The number of allylic oxidation sites excluding steroid dienone is 1. The summed E-state index contributed by atoms with van der Waals surface area (Å²) in [5.41, 5.74) is 0. The zero-order valence-electron chi connectivity index (χ0n) is 4.96. The van der Waals surface area contributed by atoms with Crippen LogP contribution in [-0.4, -0.2) is 12.9 Å². The molecule has 0 rings (SSSR count). The lowest BCUT2D eigenvalue weighted by atomic mass is 10.5. The molecular weight excluding hydrogens is 104 g/mol. The third kappa shape index (κ3) is 5.21. The number of hydrogen-bond donors (Lipinski definition) is 0. The summed E-state index contributed by atoms with van der Waals surface area (Å²) in [7, 11) is 0. The molecule has 0 unspecified atom stereocenters. The molecule has 46 valence electrons. The van der Waals surface area contributed by atoms with E-state index in [-0.39, 0.29) is 0 Å². The summed E-state index contributed by atoms with van der Waals surface area (Å²) >= 11 is 0. The second-order valence-electron chi connectivity index (χ2n) is 1.34. The maximum atomic E-state index is 9.60. The van der Waals surface area contributed by atoms with Gasteiger partial charge in [0.15, 0.2) is 0 Å². The molecule has 0 amide bonds. The summed E-state index contributed by atoms with van der Waals surface area (Å²) in [6.45, 7) is 2.69. The minimum Gasteiger partial charge on any atom is -0.501 e. The fourth-order valence-corrected chi connectivity index (χ4v) is 0.274. The van der Waals surface area contributed by atoms with Gasteiger partial charge in [0.1, 0.15) is 6.29 Å². The number of rotatable bonds is 4. The Bertz CT molecular complexity index is 76.6. The van der Waals surface area contributed by atoms with Gasteiger partial charge in [-0.3, -0.25) is 4.79 Å². The van der Waals surface area contributed by atoms with Crippen molar-refractivity contribution in [1.29, 1.82) is 0 Å². The van der Waals surface area contributed by atoms with E-state index in [1.54, 1.807) is 0 Å². The Labute approximate surface area is 49.1 Å². The lowest BCUT2D eigenvalue weighted by Crippen LogP contribution is -1.81. The average molecular weight is 114 g/mol. The molecule has 0 fully saturated rings. The molecule has 0 aliphatic rings. The van der Waals surface area contributed by atoms with Gasteiger partial charge in [-0.2, -0.15) is 0 Å². The van der Waals surface area contributed by atoms with E-state index in [9.17, 15) is 4.79 Å². The zero-order valence-corrected chi connectivity index (χ0v) is 4.96. The van der Waals surface area contributed by atoms with E-state index in [0.29, 0.717) is 12.9 Å². The van der Waals surface area contributed by atoms with Crippen molar-refractivity contribution in [1.82, 2.24) is 0 Å². The Morgan fingerprint density at radius 1 is 1.62 bits per heavy atom. The van der Waals surface area contributed by atoms with Gasteiger partial charge in [-0.05, 0) is 6.42 Å². The Kier molecular flexibility index (Phi) is 5.60. The monoisotopic (exact) mass is 114 g/mol. The molecule has 0 saturated heterocycles. The lowest BCUT2D eigenvalue weighted by molar-refractivity contribution is -0.104. The molecular formula is C6H10O2. The molecule has 2 nitrogen and oxygen atoms in total. The Balaban J connectivity index is 2.91. The number of aldehydes is 1. The quantitative estimate of drug-likeness (QED) is 0.237. The zero-order chi connectivity index (χ0) is 6.24. The van der Waals surface area contributed by atoms with Crippen molar-refractivity contribution in [2.45, 2.75) is 13.3 Å². The van der Waals surface area contributed by atoms with Crippen LogP contribution in [0.3, 0.4) is 0 Å². The van der Waals surface area contributed by atoms with Gasteiger partial charge in [0.25, 0.3) is 0 Å². The van der Waals surface area contributed by atoms with Crippen molar-refractivity contribution in [2.24, 2.45) is 0 Å². The Morgan fingerprint density at radius 2 is 2.38 bits per heavy atom. The minimum atomic E-state index is 0.685. The van der Waals surface area contributed by atoms with Crippen LogP contribution in [0.15, 0.2) is 12.3 Å². The van der Waals surface area contributed by atoms with E-state index in [4.69, 9.17) is 4.74 Å². The van der Waals surface area contributed by atoms with Crippen LogP contribution in [0.2, 0.25) is 0 Å². The first-order valence-electron chi connectivity index (χ1n) is 2.63. The Morgan fingerprint density at radius 3 is 2.88 bits per heavy atom. The van der Waals surface area contributed by atoms with Crippen LogP contribution in [0.5, 0.6) is 0 Å². The normalized spacial score (nSPS) is 9.62. The van der Waals surface area contributed by atoms with Crippen molar-refractivity contribution >= 4 is 6.29 Å². The standard InChI is InChI=1S/C6H10O2/c1-2-5-8-6-3-4-7/h3-4,6H,2,5H2,1H3/b6-3+. The predicted molar refractivity (Wildman–Crippen MR) is 31.4 cm³/mol. The van der Waals surface area contributed by atoms with Crippen LogP contribution in [0.4, 0.5) is 0 Å². The first-order chi connectivity index (χ1) is 3.91. The highest BCUT2D eigenvalue weighted by Crippen LogP contribution is 1.79. The van der Waals surface area contributed by atoms with Gasteiger partial charge >= 0.3 is 0 Å². The van der Waals surface area contributed by atoms with Gasteiger partial charge in [0, 0.05) is 6.08 Å². The molecule has 0 aromatic heterocycles. The maximum absolute atomic E-state index is 9.60. The van der Waals surface area contributed by atoms with Crippen molar-refractivity contribution < 1.29 is 9.53 Å². The maximum Gasteiger partial charge on any atom is 0.145 e. The van der Waals surface area contributed by atoms with Gasteiger partial charge < -0.3 is 4.74 Å². The van der Waals surface area contributed by atoms with Gasteiger partial charge in [0.2, 0.25) is 0 Å². The van der Waals surface area contributed by atoms with Crippen molar-refractivity contribution in [3.05, 3.63) is 12.3 Å². The van der Waals surface area contributed by atoms with Gasteiger partial charge in [0.05, 0.1) is 12.9 Å². The number of ether oxygens (including phenoxy) is 1. The molecule has 0 aliphatic carbocycles. The highest BCUT2D eigenvalue weighted by molar-refractivity contribution is 5.64. The van der Waals surface area contributed by atoms with Crippen LogP contribution >= 0.6 is 0 Å². The first-order valence-corrected chi connectivity index (χ1v) is 2.63. The smallest absolute Gasteiger partial charge is 0.145 e. The average Bonchev–Trinajstić information content (AvgIpc) is 1.81. The van der Waals surface area contributed by atoms with E-state index < -0.39 is 0 Å². The van der Waals surface area contributed by atoms with Crippen LogP contribution in [0.1, 0.15) is 13.3 Å². The first kappa shape index (κ1) is 7.21. The van der Waals surface area contributed by atoms with E-state index in [1.165, 1.54) is 12.3 Å². The second-order valence-corrected chi connectivity index (χ2v) is 1.34. The van der Waals surface area contributed by atoms with Gasteiger partial charge in [-0.25, -0.2) is 0 Å². The second kappa shape index (κ2) is 6.21. The van der Waals surface area contributed by atoms with Crippen LogP contribution in [0, 0.1) is 0 Å². The summed E-state index contributed by atoms with van der Waals surface area (Å²) in [5, 5.41) is 0.